The molecule has 1 atom stereocenters. The van der Waals surface area contributed by atoms with E-state index in [4.69, 9.17) is 0 Å². The van der Waals surface area contributed by atoms with Crippen LogP contribution in [0.4, 0.5) is 5.82 Å². The summed E-state index contributed by atoms with van der Waals surface area (Å²) in [5.74, 6) is -0.331. The van der Waals surface area contributed by atoms with Gasteiger partial charge in [-0.15, -0.1) is 12.4 Å². The van der Waals surface area contributed by atoms with Crippen LogP contribution in [0.1, 0.15) is 29.9 Å². The Kier molecular flexibility index (Phi) is 6.50. The van der Waals surface area contributed by atoms with Crippen molar-refractivity contribution in [2.45, 2.75) is 39.7 Å². The molecule has 1 aliphatic heterocycles. The zero-order valence-corrected chi connectivity index (χ0v) is 16.3. The summed E-state index contributed by atoms with van der Waals surface area (Å²) in [6, 6.07) is 2.99. The summed E-state index contributed by atoms with van der Waals surface area (Å²) in [6.07, 6.45) is 1.34. The first kappa shape index (κ1) is 20.8. The summed E-state index contributed by atoms with van der Waals surface area (Å²) >= 11 is 0. The molecule has 27 heavy (non-hydrogen) atoms. The number of likely N-dealkylation sites (tertiary alicyclic amines) is 1. The smallest absolute Gasteiger partial charge is 0.320 e. The number of rotatable bonds is 5. The van der Waals surface area contributed by atoms with Gasteiger partial charge >= 0.3 is 5.97 Å². The molecule has 3 rings (SSSR count). The molecule has 0 saturated carbocycles. The van der Waals surface area contributed by atoms with Gasteiger partial charge in [-0.3, -0.25) is 14.5 Å². The van der Waals surface area contributed by atoms with Gasteiger partial charge in [-0.1, -0.05) is 0 Å². The average Bonchev–Trinajstić information content (AvgIpc) is 3.12. The van der Waals surface area contributed by atoms with E-state index in [9.17, 15) is 14.7 Å². The van der Waals surface area contributed by atoms with E-state index in [1.54, 1.807) is 11.0 Å². The molecule has 0 radical (unpaired) electrons. The minimum absolute atomic E-state index is 0. The maximum Gasteiger partial charge on any atom is 0.320 e. The summed E-state index contributed by atoms with van der Waals surface area (Å²) < 4.78 is 1.49. The van der Waals surface area contributed by atoms with Crippen molar-refractivity contribution in [1.29, 1.82) is 0 Å². The summed E-state index contributed by atoms with van der Waals surface area (Å²) in [5.41, 5.74) is 2.33. The summed E-state index contributed by atoms with van der Waals surface area (Å²) in [5, 5.41) is 16.4. The van der Waals surface area contributed by atoms with E-state index in [2.05, 4.69) is 20.4 Å². The predicted octanol–water partition coefficient (Wildman–Crippen LogP) is 1.50. The fourth-order valence-electron chi connectivity index (χ4n) is 3.20. The fraction of sp³-hybridized carbons (Fsp3) is 0.471. The van der Waals surface area contributed by atoms with Gasteiger partial charge in [0.25, 0.3) is 5.95 Å². The maximum atomic E-state index is 12.4. The minimum Gasteiger partial charge on any atom is -0.480 e. The highest BCUT2D eigenvalue weighted by Crippen LogP contribution is 2.18. The van der Waals surface area contributed by atoms with Gasteiger partial charge in [-0.05, 0) is 46.2 Å². The molecule has 2 aromatic heterocycles. The van der Waals surface area contributed by atoms with Gasteiger partial charge in [0, 0.05) is 17.5 Å². The number of nitrogens with one attached hydrogen (secondary N) is 1. The van der Waals surface area contributed by atoms with E-state index in [1.807, 2.05) is 26.8 Å². The Hall–Kier alpha value is -2.52. The third kappa shape index (κ3) is 4.81. The Morgan fingerprint density at radius 1 is 1.19 bits per heavy atom. The van der Waals surface area contributed by atoms with Crippen molar-refractivity contribution < 1.29 is 14.7 Å². The lowest BCUT2D eigenvalue weighted by atomic mass is 10.2. The molecule has 0 aromatic carbocycles. The highest BCUT2D eigenvalue weighted by atomic mass is 35.5. The van der Waals surface area contributed by atoms with Crippen LogP contribution in [-0.2, 0) is 9.59 Å². The molecule has 2 aromatic rings. The number of anilines is 1. The van der Waals surface area contributed by atoms with Crippen LogP contribution >= 0.6 is 12.4 Å². The number of hydrogen-bond acceptors (Lipinski definition) is 6. The number of aliphatic carboxylic acids is 1. The first-order valence-corrected chi connectivity index (χ1v) is 8.49. The van der Waals surface area contributed by atoms with Crippen molar-refractivity contribution in [3.8, 4) is 5.95 Å². The molecule has 10 heteroatoms. The summed E-state index contributed by atoms with van der Waals surface area (Å²) in [6.45, 7) is 6.17. The summed E-state index contributed by atoms with van der Waals surface area (Å²) in [7, 11) is 0. The van der Waals surface area contributed by atoms with Gasteiger partial charge in [0.1, 0.15) is 11.9 Å². The number of carbonyl (C=O) groups is 2. The van der Waals surface area contributed by atoms with Crippen LogP contribution in [0.2, 0.25) is 0 Å². The molecule has 0 aliphatic carbocycles. The molecule has 1 fully saturated rings. The molecule has 0 bridgehead atoms. The van der Waals surface area contributed by atoms with Crippen LogP contribution in [0.15, 0.2) is 12.1 Å². The molecule has 0 spiro atoms. The van der Waals surface area contributed by atoms with E-state index in [-0.39, 0.29) is 24.9 Å². The van der Waals surface area contributed by atoms with E-state index in [0.29, 0.717) is 30.4 Å². The molecule has 2 N–H and O–H groups in total. The Morgan fingerprint density at radius 3 is 2.48 bits per heavy atom. The SMILES string of the molecule is Cc1cc(C)nc(-n2nc(C)cc2NC(=O)CN2CCC[C@H]2C(=O)O)n1.Cl. The Labute approximate surface area is 163 Å². The van der Waals surface area contributed by atoms with Crippen molar-refractivity contribution in [3.63, 3.8) is 0 Å². The van der Waals surface area contributed by atoms with Gasteiger partial charge in [0.2, 0.25) is 5.91 Å². The molecule has 3 heterocycles. The van der Waals surface area contributed by atoms with Crippen molar-refractivity contribution in [2.24, 2.45) is 0 Å². The first-order valence-electron chi connectivity index (χ1n) is 8.49. The van der Waals surface area contributed by atoms with Crippen LogP contribution in [0, 0.1) is 20.8 Å². The van der Waals surface area contributed by atoms with Crippen molar-refractivity contribution in [2.75, 3.05) is 18.4 Å². The number of carboxylic acids is 1. The van der Waals surface area contributed by atoms with E-state index < -0.39 is 12.0 Å². The molecule has 146 valence electrons. The van der Waals surface area contributed by atoms with Crippen molar-refractivity contribution in [1.82, 2.24) is 24.6 Å². The molecule has 1 aliphatic rings. The van der Waals surface area contributed by atoms with Crippen LogP contribution in [0.5, 0.6) is 0 Å². The zero-order chi connectivity index (χ0) is 18.8. The zero-order valence-electron chi connectivity index (χ0n) is 15.5. The monoisotopic (exact) mass is 394 g/mol. The number of amides is 1. The Morgan fingerprint density at radius 2 is 1.85 bits per heavy atom. The van der Waals surface area contributed by atoms with Crippen molar-refractivity contribution >= 4 is 30.1 Å². The van der Waals surface area contributed by atoms with Crippen LogP contribution in [0.3, 0.4) is 0 Å². The number of aromatic nitrogens is 4. The molecule has 0 unspecified atom stereocenters. The third-order valence-electron chi connectivity index (χ3n) is 4.25. The van der Waals surface area contributed by atoms with Gasteiger partial charge < -0.3 is 10.4 Å². The average molecular weight is 395 g/mol. The fourth-order valence-corrected chi connectivity index (χ4v) is 3.20. The number of hydrogen-bond donors (Lipinski definition) is 2. The van der Waals surface area contributed by atoms with Crippen LogP contribution < -0.4 is 5.32 Å². The molecular formula is C17H23ClN6O3. The standard InChI is InChI=1S/C17H22N6O3.ClH/c1-10-7-11(2)19-17(18-10)23-14(8-12(3)21-23)20-15(24)9-22-6-4-5-13(22)16(25)26;/h7-8,13H,4-6,9H2,1-3H3,(H,20,24)(H,25,26);1H/t13-;/m0./s1. The Bertz CT molecular complexity index is 833. The van der Waals surface area contributed by atoms with Gasteiger partial charge in [0.15, 0.2) is 0 Å². The van der Waals surface area contributed by atoms with E-state index >= 15 is 0 Å². The van der Waals surface area contributed by atoms with Crippen LogP contribution in [-0.4, -0.2) is 60.8 Å². The molecular weight excluding hydrogens is 372 g/mol. The lowest BCUT2D eigenvalue weighted by molar-refractivity contribution is -0.142. The van der Waals surface area contributed by atoms with Gasteiger partial charge in [-0.25, -0.2) is 9.97 Å². The van der Waals surface area contributed by atoms with Crippen LogP contribution in [0.25, 0.3) is 5.95 Å². The normalized spacial score (nSPS) is 16.8. The number of nitrogens with zero attached hydrogens (tertiary/aromatic N) is 5. The lowest BCUT2D eigenvalue weighted by Gasteiger charge is -2.20. The van der Waals surface area contributed by atoms with Gasteiger partial charge in [-0.2, -0.15) is 9.78 Å². The highest BCUT2D eigenvalue weighted by Gasteiger charge is 2.31. The molecule has 1 amide bonds. The number of halogens is 1. The number of carbonyl (C=O) groups excluding carboxylic acids is 1. The topological polar surface area (TPSA) is 113 Å². The largest absolute Gasteiger partial charge is 0.480 e. The second kappa shape index (κ2) is 8.45. The molecule has 1 saturated heterocycles. The third-order valence-corrected chi connectivity index (χ3v) is 4.25. The second-order valence-corrected chi connectivity index (χ2v) is 6.55. The predicted molar refractivity (Wildman–Crippen MR) is 101 cm³/mol. The van der Waals surface area contributed by atoms with Crippen molar-refractivity contribution in [3.05, 3.63) is 29.2 Å². The number of carboxylic acid groups (broad SMARTS) is 1. The first-order chi connectivity index (χ1) is 12.3. The second-order valence-electron chi connectivity index (χ2n) is 6.55. The number of aryl methyl sites for hydroxylation is 3. The maximum absolute atomic E-state index is 12.4. The Balaban J connectivity index is 0.00000261. The van der Waals surface area contributed by atoms with E-state index in [1.165, 1.54) is 4.68 Å². The highest BCUT2D eigenvalue weighted by molar-refractivity contribution is 5.92. The van der Waals surface area contributed by atoms with Gasteiger partial charge in [0.05, 0.1) is 12.2 Å². The summed E-state index contributed by atoms with van der Waals surface area (Å²) in [4.78, 5) is 34.1. The molecule has 9 nitrogen and oxygen atoms in total. The lowest BCUT2D eigenvalue weighted by Crippen LogP contribution is -2.41. The quantitative estimate of drug-likeness (QED) is 0.789. The minimum atomic E-state index is -0.889. The van der Waals surface area contributed by atoms with E-state index in [0.717, 1.165) is 17.8 Å².